The highest BCUT2D eigenvalue weighted by Crippen LogP contribution is 2.34. The molecule has 2 aromatic heterocycles. The Hall–Kier alpha value is -3.54. The maximum absolute atomic E-state index is 9.29. The molecule has 0 saturated carbocycles. The molecule has 8 heteroatoms. The molecular formula is C29H39N7O. The van der Waals surface area contributed by atoms with E-state index in [1.54, 1.807) is 7.11 Å². The number of aliphatic imine (C=N–C) groups is 1. The van der Waals surface area contributed by atoms with Crippen LogP contribution in [0.5, 0.6) is 0 Å². The lowest BCUT2D eigenvalue weighted by Gasteiger charge is -2.36. The largest absolute Gasteiger partial charge is 0.360 e. The van der Waals surface area contributed by atoms with Crippen LogP contribution in [0.4, 0.5) is 5.82 Å². The normalized spacial score (nSPS) is 15.6. The maximum Gasteiger partial charge on any atom is 0.155 e. The number of hydrogen-bond acceptors (Lipinski definition) is 7. The van der Waals surface area contributed by atoms with Gasteiger partial charge in [0.1, 0.15) is 11.7 Å². The number of benzene rings is 1. The summed E-state index contributed by atoms with van der Waals surface area (Å²) in [6, 6.07) is 10.4. The van der Waals surface area contributed by atoms with Crippen molar-refractivity contribution in [1.29, 1.82) is 5.26 Å². The van der Waals surface area contributed by atoms with Crippen molar-refractivity contribution in [3.63, 3.8) is 0 Å². The molecule has 1 unspecified atom stereocenters. The molecule has 3 heterocycles. The summed E-state index contributed by atoms with van der Waals surface area (Å²) in [4.78, 5) is 19.0. The molecule has 1 atom stereocenters. The summed E-state index contributed by atoms with van der Waals surface area (Å²) >= 11 is 0. The number of methoxy groups -OCH3 is 1. The summed E-state index contributed by atoms with van der Waals surface area (Å²) in [5.41, 5.74) is 5.17. The Morgan fingerprint density at radius 1 is 1.22 bits per heavy atom. The van der Waals surface area contributed by atoms with Gasteiger partial charge in [0.05, 0.1) is 35.5 Å². The van der Waals surface area contributed by atoms with Crippen molar-refractivity contribution in [1.82, 2.24) is 19.3 Å². The van der Waals surface area contributed by atoms with Gasteiger partial charge in [0.15, 0.2) is 5.82 Å². The lowest BCUT2D eigenvalue weighted by molar-refractivity contribution is 0.127. The Kier molecular flexibility index (Phi) is 9.95. The summed E-state index contributed by atoms with van der Waals surface area (Å²) in [6.45, 7) is 9.76. The standard InChI is InChI=1S/C27H33N7O.C2H6/c1-6-21(16-30-19(2)35-5)26-25(22-9-7-20(15-28)8-10-22)31-27(24-17-29-18-34(24)26)33-13-11-23(12-14-33)32(3)4;1-2/h6-10,16-19,23H,11-14H2,1-5H3;1-2H3/b21-6+,30-16-;. The molecule has 1 aliphatic heterocycles. The van der Waals surface area contributed by atoms with Crippen LogP contribution in [-0.2, 0) is 4.74 Å². The third kappa shape index (κ3) is 6.24. The van der Waals surface area contributed by atoms with Crippen LogP contribution in [0, 0.1) is 11.3 Å². The first kappa shape index (κ1) is 28.0. The molecule has 3 aromatic rings. The molecular weight excluding hydrogens is 462 g/mol. The van der Waals surface area contributed by atoms with Gasteiger partial charge in [0.2, 0.25) is 0 Å². The molecule has 0 N–H and O–H groups in total. The average Bonchev–Trinajstić information content (AvgIpc) is 3.44. The summed E-state index contributed by atoms with van der Waals surface area (Å²) in [5, 5.41) is 9.29. The Labute approximate surface area is 220 Å². The van der Waals surface area contributed by atoms with Crippen LogP contribution >= 0.6 is 0 Å². The van der Waals surface area contributed by atoms with E-state index in [4.69, 9.17) is 9.72 Å². The Balaban J connectivity index is 0.00000186. The zero-order chi connectivity index (χ0) is 26.9. The zero-order valence-electron chi connectivity index (χ0n) is 23.1. The lowest BCUT2D eigenvalue weighted by Crippen LogP contribution is -2.42. The second kappa shape index (κ2) is 13.1. The monoisotopic (exact) mass is 501 g/mol. The molecule has 0 aliphatic carbocycles. The fourth-order valence-corrected chi connectivity index (χ4v) is 4.49. The smallest absolute Gasteiger partial charge is 0.155 e. The van der Waals surface area contributed by atoms with Gasteiger partial charge < -0.3 is 14.5 Å². The molecule has 8 nitrogen and oxygen atoms in total. The second-order valence-corrected chi connectivity index (χ2v) is 9.01. The number of nitrogens with zero attached hydrogens (tertiary/aromatic N) is 7. The topological polar surface area (TPSA) is 82.0 Å². The summed E-state index contributed by atoms with van der Waals surface area (Å²) in [7, 11) is 5.94. The Morgan fingerprint density at radius 2 is 1.89 bits per heavy atom. The SMILES string of the molecule is C/C=C(\C=N/C(C)OC)c1c(-c2ccc(C#N)cc2)nc(N2CCC(N(C)C)CC2)c2cncn12.CC. The van der Waals surface area contributed by atoms with Gasteiger partial charge in [-0.2, -0.15) is 5.26 Å². The maximum atomic E-state index is 9.29. The first-order valence-corrected chi connectivity index (χ1v) is 13.0. The van der Waals surface area contributed by atoms with Gasteiger partial charge in [-0.05, 0) is 52.9 Å². The number of anilines is 1. The summed E-state index contributed by atoms with van der Waals surface area (Å²) < 4.78 is 7.42. The van der Waals surface area contributed by atoms with Crippen molar-refractivity contribution in [3.8, 4) is 17.3 Å². The van der Waals surface area contributed by atoms with Crippen molar-refractivity contribution in [3.05, 3.63) is 54.1 Å². The number of fused-ring (bicyclic) bond motifs is 1. The molecule has 0 spiro atoms. The van der Waals surface area contributed by atoms with Crippen LogP contribution in [0.25, 0.3) is 22.3 Å². The second-order valence-electron chi connectivity index (χ2n) is 9.01. The fraction of sp³-hybridized carbons (Fsp3) is 0.448. The molecule has 4 rings (SSSR count). The van der Waals surface area contributed by atoms with E-state index in [0.29, 0.717) is 11.6 Å². The molecule has 1 aromatic carbocycles. The van der Waals surface area contributed by atoms with Crippen molar-refractivity contribution in [2.24, 2.45) is 4.99 Å². The van der Waals surface area contributed by atoms with E-state index in [-0.39, 0.29) is 6.23 Å². The van der Waals surface area contributed by atoms with E-state index in [1.807, 2.05) is 76.8 Å². The number of allylic oxidation sites excluding steroid dienone is 2. The summed E-state index contributed by atoms with van der Waals surface area (Å²) in [5.74, 6) is 0.931. The van der Waals surface area contributed by atoms with E-state index < -0.39 is 0 Å². The highest BCUT2D eigenvalue weighted by molar-refractivity contribution is 6.11. The minimum absolute atomic E-state index is 0.258. The van der Waals surface area contributed by atoms with Crippen LogP contribution in [0.1, 0.15) is 51.8 Å². The van der Waals surface area contributed by atoms with Crippen molar-refractivity contribution in [2.75, 3.05) is 39.2 Å². The van der Waals surface area contributed by atoms with Gasteiger partial charge in [-0.25, -0.2) is 9.97 Å². The van der Waals surface area contributed by atoms with Crippen LogP contribution in [-0.4, -0.2) is 72.0 Å². The van der Waals surface area contributed by atoms with Gasteiger partial charge in [-0.1, -0.05) is 32.1 Å². The number of nitriles is 1. The molecule has 196 valence electrons. The molecule has 1 saturated heterocycles. The molecule has 1 fully saturated rings. The van der Waals surface area contributed by atoms with Gasteiger partial charge >= 0.3 is 0 Å². The van der Waals surface area contributed by atoms with Crippen LogP contribution < -0.4 is 4.90 Å². The van der Waals surface area contributed by atoms with E-state index >= 15 is 0 Å². The molecule has 0 radical (unpaired) electrons. The number of piperidine rings is 1. The number of ether oxygens (including phenoxy) is 1. The quantitative estimate of drug-likeness (QED) is 0.409. The first-order valence-electron chi connectivity index (χ1n) is 13.0. The highest BCUT2D eigenvalue weighted by Gasteiger charge is 2.26. The van der Waals surface area contributed by atoms with Gasteiger partial charge in [0.25, 0.3) is 0 Å². The van der Waals surface area contributed by atoms with Crippen LogP contribution in [0.15, 0.2) is 47.9 Å². The van der Waals surface area contributed by atoms with Crippen molar-refractivity contribution in [2.45, 2.75) is 52.8 Å². The van der Waals surface area contributed by atoms with Crippen molar-refractivity contribution >= 4 is 23.1 Å². The third-order valence-electron chi connectivity index (χ3n) is 6.68. The Morgan fingerprint density at radius 3 is 2.46 bits per heavy atom. The minimum Gasteiger partial charge on any atom is -0.360 e. The molecule has 1 aliphatic rings. The lowest BCUT2D eigenvalue weighted by atomic mass is 10.0. The molecule has 0 amide bonds. The highest BCUT2D eigenvalue weighted by atomic mass is 16.5. The number of aromatic nitrogens is 3. The first-order chi connectivity index (χ1) is 18.0. The fourth-order valence-electron chi connectivity index (χ4n) is 4.49. The molecule has 0 bridgehead atoms. The van der Waals surface area contributed by atoms with Gasteiger partial charge in [-0.3, -0.25) is 9.39 Å². The minimum atomic E-state index is -0.258. The van der Waals surface area contributed by atoms with E-state index in [0.717, 1.165) is 59.8 Å². The predicted molar refractivity (Wildman–Crippen MR) is 152 cm³/mol. The predicted octanol–water partition coefficient (Wildman–Crippen LogP) is 5.29. The average molecular weight is 502 g/mol. The Bertz CT molecular complexity index is 1260. The van der Waals surface area contributed by atoms with Crippen molar-refractivity contribution < 1.29 is 4.74 Å². The van der Waals surface area contributed by atoms with Gasteiger partial charge in [-0.15, -0.1) is 0 Å². The van der Waals surface area contributed by atoms with E-state index in [9.17, 15) is 5.26 Å². The number of hydrogen-bond donors (Lipinski definition) is 0. The third-order valence-corrected chi connectivity index (χ3v) is 6.68. The number of imidazole rings is 1. The van der Waals surface area contributed by atoms with Crippen LogP contribution in [0.2, 0.25) is 0 Å². The van der Waals surface area contributed by atoms with E-state index in [1.165, 1.54) is 0 Å². The van der Waals surface area contributed by atoms with E-state index in [2.05, 4.69) is 44.3 Å². The van der Waals surface area contributed by atoms with Crippen LogP contribution in [0.3, 0.4) is 0 Å². The summed E-state index contributed by atoms with van der Waals surface area (Å²) in [6.07, 6.45) is 9.50. The molecule has 37 heavy (non-hydrogen) atoms. The zero-order valence-corrected chi connectivity index (χ0v) is 23.1. The number of rotatable bonds is 7. The van der Waals surface area contributed by atoms with Gasteiger partial charge in [0, 0.05) is 43.6 Å².